The number of hydrogen-bond acceptors (Lipinski definition) is 6. The number of hydrogen-bond donors (Lipinski definition) is 0. The number of para-hydroxylation sites is 2. The topological polar surface area (TPSA) is 58.3 Å². The van der Waals surface area contributed by atoms with Crippen LogP contribution in [0.1, 0.15) is 26.5 Å². The quantitative estimate of drug-likeness (QED) is 0.731. The molecular formula is C19H23N5O. The standard InChI is InChI=1S/C19H23N5O/c1-19(2,3)16-9-10-17(22-21-16)24-11-13(12-24)23(4)18-20-14-7-5-6-8-15(14)25-18/h5-10,13H,11-12H2,1-4H3. The highest BCUT2D eigenvalue weighted by molar-refractivity contribution is 5.74. The molecule has 1 saturated heterocycles. The van der Waals surface area contributed by atoms with Gasteiger partial charge in [-0.1, -0.05) is 32.9 Å². The Labute approximate surface area is 147 Å². The first-order valence-electron chi connectivity index (χ1n) is 8.59. The van der Waals surface area contributed by atoms with Gasteiger partial charge >= 0.3 is 0 Å². The zero-order valence-corrected chi connectivity index (χ0v) is 15.1. The molecule has 1 fully saturated rings. The third-order valence-electron chi connectivity index (χ3n) is 4.74. The summed E-state index contributed by atoms with van der Waals surface area (Å²) in [5, 5.41) is 8.76. The Hall–Kier alpha value is -2.63. The summed E-state index contributed by atoms with van der Waals surface area (Å²) in [6, 6.07) is 13.0. The molecule has 4 rings (SSSR count). The number of aromatic nitrogens is 3. The van der Waals surface area contributed by atoms with Crippen molar-refractivity contribution in [3.63, 3.8) is 0 Å². The van der Waals surface area contributed by atoms with Crippen LogP contribution >= 0.6 is 0 Å². The lowest BCUT2D eigenvalue weighted by atomic mass is 9.92. The lowest BCUT2D eigenvalue weighted by Gasteiger charge is -2.43. The Balaban J connectivity index is 1.42. The summed E-state index contributed by atoms with van der Waals surface area (Å²) in [5.74, 6) is 0.926. The number of rotatable bonds is 3. The fourth-order valence-corrected chi connectivity index (χ4v) is 2.95. The van der Waals surface area contributed by atoms with Gasteiger partial charge in [-0.3, -0.25) is 0 Å². The maximum Gasteiger partial charge on any atom is 0.298 e. The van der Waals surface area contributed by atoms with Crippen LogP contribution in [-0.2, 0) is 5.41 Å². The lowest BCUT2D eigenvalue weighted by Crippen LogP contribution is -2.59. The summed E-state index contributed by atoms with van der Waals surface area (Å²) in [6.45, 7) is 8.21. The number of benzene rings is 1. The third kappa shape index (κ3) is 2.92. The Morgan fingerprint density at radius 2 is 1.84 bits per heavy atom. The Morgan fingerprint density at radius 3 is 2.48 bits per heavy atom. The number of nitrogens with zero attached hydrogens (tertiary/aromatic N) is 5. The summed E-state index contributed by atoms with van der Waals surface area (Å²) in [7, 11) is 2.03. The second kappa shape index (κ2) is 5.72. The summed E-state index contributed by atoms with van der Waals surface area (Å²) in [4.78, 5) is 8.89. The molecule has 0 atom stereocenters. The summed E-state index contributed by atoms with van der Waals surface area (Å²) >= 11 is 0. The molecule has 0 aliphatic carbocycles. The van der Waals surface area contributed by atoms with Gasteiger partial charge in [0.1, 0.15) is 5.52 Å². The van der Waals surface area contributed by atoms with E-state index >= 15 is 0 Å². The Bertz CT molecular complexity index is 842. The van der Waals surface area contributed by atoms with Gasteiger partial charge in [-0.2, -0.15) is 10.1 Å². The van der Waals surface area contributed by atoms with Gasteiger partial charge < -0.3 is 14.2 Å². The molecule has 6 heteroatoms. The zero-order chi connectivity index (χ0) is 17.6. The average molecular weight is 337 g/mol. The van der Waals surface area contributed by atoms with E-state index in [0.717, 1.165) is 35.7 Å². The molecular weight excluding hydrogens is 314 g/mol. The van der Waals surface area contributed by atoms with Crippen molar-refractivity contribution in [2.75, 3.05) is 29.9 Å². The molecule has 0 N–H and O–H groups in total. The van der Waals surface area contributed by atoms with Gasteiger partial charge in [0.15, 0.2) is 11.4 Å². The molecule has 6 nitrogen and oxygen atoms in total. The van der Waals surface area contributed by atoms with Gasteiger partial charge in [-0.05, 0) is 24.3 Å². The maximum absolute atomic E-state index is 5.85. The highest BCUT2D eigenvalue weighted by Crippen LogP contribution is 2.28. The molecule has 2 aromatic heterocycles. The van der Waals surface area contributed by atoms with Gasteiger partial charge in [0.05, 0.1) is 11.7 Å². The van der Waals surface area contributed by atoms with E-state index in [9.17, 15) is 0 Å². The molecule has 1 aliphatic heterocycles. The van der Waals surface area contributed by atoms with Crippen LogP contribution in [0.3, 0.4) is 0 Å². The minimum absolute atomic E-state index is 0.0240. The Kier molecular flexibility index (Phi) is 3.63. The van der Waals surface area contributed by atoms with Crippen LogP contribution in [0.5, 0.6) is 0 Å². The molecule has 0 unspecified atom stereocenters. The molecule has 0 bridgehead atoms. The van der Waals surface area contributed by atoms with Crippen molar-refractivity contribution in [3.8, 4) is 0 Å². The molecule has 3 aromatic rings. The van der Waals surface area contributed by atoms with Crippen LogP contribution in [0.4, 0.5) is 11.8 Å². The predicted molar refractivity (Wildman–Crippen MR) is 99.1 cm³/mol. The van der Waals surface area contributed by atoms with Crippen LogP contribution in [0, 0.1) is 0 Å². The predicted octanol–water partition coefficient (Wildman–Crippen LogP) is 3.24. The van der Waals surface area contributed by atoms with E-state index in [0.29, 0.717) is 12.1 Å². The van der Waals surface area contributed by atoms with Crippen molar-refractivity contribution in [1.82, 2.24) is 15.2 Å². The maximum atomic E-state index is 5.85. The van der Waals surface area contributed by atoms with Gasteiger partial charge in [0, 0.05) is 25.6 Å². The molecule has 1 aliphatic rings. The molecule has 0 spiro atoms. The summed E-state index contributed by atoms with van der Waals surface area (Å²) in [6.07, 6.45) is 0. The van der Waals surface area contributed by atoms with Crippen molar-refractivity contribution in [3.05, 3.63) is 42.1 Å². The molecule has 3 heterocycles. The number of fused-ring (bicyclic) bond motifs is 1. The summed E-state index contributed by atoms with van der Waals surface area (Å²) < 4.78 is 5.85. The van der Waals surface area contributed by atoms with Gasteiger partial charge in [0.2, 0.25) is 0 Å². The zero-order valence-electron chi connectivity index (χ0n) is 15.1. The highest BCUT2D eigenvalue weighted by atomic mass is 16.4. The van der Waals surface area contributed by atoms with Crippen molar-refractivity contribution in [2.45, 2.75) is 32.2 Å². The minimum Gasteiger partial charge on any atom is -0.423 e. The lowest BCUT2D eigenvalue weighted by molar-refractivity contribution is 0.455. The number of oxazole rings is 1. The van der Waals surface area contributed by atoms with Crippen LogP contribution in [0.15, 0.2) is 40.8 Å². The second-order valence-corrected chi connectivity index (χ2v) is 7.66. The first kappa shape index (κ1) is 15.9. The Morgan fingerprint density at radius 1 is 1.08 bits per heavy atom. The minimum atomic E-state index is 0.0240. The highest BCUT2D eigenvalue weighted by Gasteiger charge is 2.33. The molecule has 25 heavy (non-hydrogen) atoms. The van der Waals surface area contributed by atoms with Gasteiger partial charge in [-0.15, -0.1) is 5.10 Å². The molecule has 0 amide bonds. The van der Waals surface area contributed by atoms with Crippen LogP contribution in [0.25, 0.3) is 11.1 Å². The van der Waals surface area contributed by atoms with Crippen molar-refractivity contribution in [1.29, 1.82) is 0 Å². The van der Waals surface area contributed by atoms with E-state index in [-0.39, 0.29) is 5.41 Å². The van der Waals surface area contributed by atoms with Crippen LogP contribution in [0.2, 0.25) is 0 Å². The fourth-order valence-electron chi connectivity index (χ4n) is 2.95. The average Bonchev–Trinajstić information content (AvgIpc) is 2.97. The smallest absolute Gasteiger partial charge is 0.298 e. The normalized spacial score (nSPS) is 15.4. The van der Waals surface area contributed by atoms with Crippen LogP contribution < -0.4 is 9.80 Å². The SMILES string of the molecule is CN(c1nc2ccccc2o1)C1CN(c2ccc(C(C)(C)C)nn2)C1. The van der Waals surface area contributed by atoms with Gasteiger partial charge in [-0.25, -0.2) is 0 Å². The third-order valence-corrected chi connectivity index (χ3v) is 4.74. The largest absolute Gasteiger partial charge is 0.423 e. The van der Waals surface area contributed by atoms with E-state index in [2.05, 4.69) is 57.9 Å². The second-order valence-electron chi connectivity index (χ2n) is 7.66. The molecule has 0 saturated carbocycles. The monoisotopic (exact) mass is 337 g/mol. The van der Waals surface area contributed by atoms with E-state index in [1.165, 1.54) is 0 Å². The fraction of sp³-hybridized carbons (Fsp3) is 0.421. The number of anilines is 2. The van der Waals surface area contributed by atoms with Crippen molar-refractivity contribution in [2.24, 2.45) is 0 Å². The first-order chi connectivity index (χ1) is 11.9. The molecule has 1 aromatic carbocycles. The van der Waals surface area contributed by atoms with E-state index in [1.54, 1.807) is 0 Å². The van der Waals surface area contributed by atoms with Gasteiger partial charge in [0.25, 0.3) is 6.01 Å². The van der Waals surface area contributed by atoms with E-state index in [4.69, 9.17) is 4.42 Å². The summed E-state index contributed by atoms with van der Waals surface area (Å²) in [5.41, 5.74) is 2.75. The first-order valence-corrected chi connectivity index (χ1v) is 8.59. The van der Waals surface area contributed by atoms with Crippen LogP contribution in [-0.4, -0.2) is 41.4 Å². The van der Waals surface area contributed by atoms with Crippen molar-refractivity contribution < 1.29 is 4.42 Å². The molecule has 130 valence electrons. The van der Waals surface area contributed by atoms with E-state index in [1.807, 2.05) is 31.3 Å². The number of likely N-dealkylation sites (N-methyl/N-ethyl adjacent to an activating group) is 1. The van der Waals surface area contributed by atoms with Crippen molar-refractivity contribution >= 4 is 22.9 Å². The molecule has 0 radical (unpaired) electrons. The van der Waals surface area contributed by atoms with E-state index < -0.39 is 0 Å².